The topological polar surface area (TPSA) is 49.4 Å². The predicted molar refractivity (Wildman–Crippen MR) is 125 cm³/mol. The lowest BCUT2D eigenvalue weighted by molar-refractivity contribution is -0.138. The Kier molecular flexibility index (Phi) is 9.85. The Hall–Kier alpha value is -1.86. The van der Waals surface area contributed by atoms with Crippen LogP contribution in [0.3, 0.4) is 0 Å². The van der Waals surface area contributed by atoms with Gasteiger partial charge in [0.05, 0.1) is 5.75 Å². The molecule has 0 saturated carbocycles. The lowest BCUT2D eigenvalue weighted by Crippen LogP contribution is -2.50. The van der Waals surface area contributed by atoms with Crippen LogP contribution >= 0.6 is 27.7 Å². The number of nitrogens with zero attached hydrogens (tertiary/aromatic N) is 1. The van der Waals surface area contributed by atoms with Gasteiger partial charge in [0.15, 0.2) is 0 Å². The third-order valence-corrected chi connectivity index (χ3v) is 6.36. The summed E-state index contributed by atoms with van der Waals surface area (Å²) in [5, 5.41) is 2.94. The molecular formula is C23H28BrFN2O2S. The first kappa shape index (κ1) is 24.4. The van der Waals surface area contributed by atoms with Gasteiger partial charge in [0, 0.05) is 22.8 Å². The molecule has 0 fully saturated rings. The lowest BCUT2D eigenvalue weighted by atomic mass is 10.1. The summed E-state index contributed by atoms with van der Waals surface area (Å²) in [4.78, 5) is 27.2. The van der Waals surface area contributed by atoms with Gasteiger partial charge in [-0.3, -0.25) is 9.59 Å². The van der Waals surface area contributed by atoms with Crippen LogP contribution in [0, 0.1) is 5.82 Å². The van der Waals surface area contributed by atoms with Crippen molar-refractivity contribution in [1.82, 2.24) is 10.2 Å². The van der Waals surface area contributed by atoms with Crippen LogP contribution in [0.25, 0.3) is 0 Å². The molecule has 0 aliphatic rings. The van der Waals surface area contributed by atoms with Crippen LogP contribution in [0.2, 0.25) is 0 Å². The highest BCUT2D eigenvalue weighted by atomic mass is 79.9. The molecule has 0 heterocycles. The van der Waals surface area contributed by atoms with E-state index in [-0.39, 0.29) is 36.0 Å². The fourth-order valence-electron chi connectivity index (χ4n) is 2.75. The monoisotopic (exact) mass is 494 g/mol. The maximum atomic E-state index is 13.3. The zero-order valence-electron chi connectivity index (χ0n) is 17.5. The first-order chi connectivity index (χ1) is 14.3. The summed E-state index contributed by atoms with van der Waals surface area (Å²) in [7, 11) is 0. The number of nitrogens with one attached hydrogen (secondary N) is 1. The van der Waals surface area contributed by atoms with Crippen LogP contribution in [0.5, 0.6) is 0 Å². The summed E-state index contributed by atoms with van der Waals surface area (Å²) in [6, 6.07) is 13.4. The molecule has 2 rings (SSSR count). The van der Waals surface area contributed by atoms with Crippen molar-refractivity contribution in [3.8, 4) is 0 Å². The van der Waals surface area contributed by atoms with Crippen LogP contribution in [0.1, 0.15) is 38.3 Å². The normalized spacial score (nSPS) is 12.8. The molecule has 2 atom stereocenters. The molecule has 0 radical (unpaired) electrons. The average Bonchev–Trinajstić information content (AvgIpc) is 2.74. The van der Waals surface area contributed by atoms with Crippen molar-refractivity contribution in [3.63, 3.8) is 0 Å². The number of halogens is 2. The Morgan fingerprint density at radius 3 is 2.27 bits per heavy atom. The highest BCUT2D eigenvalue weighted by molar-refractivity contribution is 9.10. The lowest BCUT2D eigenvalue weighted by Gasteiger charge is -2.29. The summed E-state index contributed by atoms with van der Waals surface area (Å²) in [5.74, 6) is 0.338. The van der Waals surface area contributed by atoms with Crippen LogP contribution in [0.4, 0.5) is 4.39 Å². The quantitative estimate of drug-likeness (QED) is 0.496. The van der Waals surface area contributed by atoms with Crippen molar-refractivity contribution in [2.75, 3.05) is 5.75 Å². The van der Waals surface area contributed by atoms with Gasteiger partial charge in [0.1, 0.15) is 11.9 Å². The van der Waals surface area contributed by atoms with Gasteiger partial charge in [-0.2, -0.15) is 0 Å². The van der Waals surface area contributed by atoms with Crippen molar-refractivity contribution < 1.29 is 14.0 Å². The van der Waals surface area contributed by atoms with Crippen LogP contribution in [-0.4, -0.2) is 34.6 Å². The Balaban J connectivity index is 2.06. The van der Waals surface area contributed by atoms with Crippen molar-refractivity contribution >= 4 is 39.5 Å². The van der Waals surface area contributed by atoms with Crippen LogP contribution < -0.4 is 5.32 Å². The van der Waals surface area contributed by atoms with Crippen molar-refractivity contribution in [2.45, 2.75) is 51.6 Å². The summed E-state index contributed by atoms with van der Waals surface area (Å²) < 4.78 is 14.3. The van der Waals surface area contributed by atoms with E-state index < -0.39 is 6.04 Å². The van der Waals surface area contributed by atoms with E-state index in [2.05, 4.69) is 21.2 Å². The smallest absolute Gasteiger partial charge is 0.242 e. The summed E-state index contributed by atoms with van der Waals surface area (Å²) in [5.41, 5.74) is 1.91. The summed E-state index contributed by atoms with van der Waals surface area (Å²) >= 11 is 4.93. The van der Waals surface area contributed by atoms with Crippen molar-refractivity contribution in [1.29, 1.82) is 0 Å². The number of rotatable bonds is 10. The van der Waals surface area contributed by atoms with Crippen LogP contribution in [0.15, 0.2) is 53.0 Å². The minimum atomic E-state index is -0.621. The Morgan fingerprint density at radius 2 is 1.67 bits per heavy atom. The molecule has 0 unspecified atom stereocenters. The van der Waals surface area contributed by atoms with Gasteiger partial charge in [-0.05, 0) is 55.7 Å². The van der Waals surface area contributed by atoms with Crippen LogP contribution in [-0.2, 0) is 21.9 Å². The van der Waals surface area contributed by atoms with Gasteiger partial charge in [-0.15, -0.1) is 11.8 Å². The molecule has 0 bridgehead atoms. The maximum Gasteiger partial charge on any atom is 0.242 e. The predicted octanol–water partition coefficient (Wildman–Crippen LogP) is 5.15. The van der Waals surface area contributed by atoms with E-state index in [0.717, 1.165) is 22.0 Å². The molecule has 0 aromatic heterocycles. The first-order valence-electron chi connectivity index (χ1n) is 9.96. The van der Waals surface area contributed by atoms with E-state index >= 15 is 0 Å². The second-order valence-electron chi connectivity index (χ2n) is 7.26. The minimum Gasteiger partial charge on any atom is -0.352 e. The number of carbonyl (C=O) groups excluding carboxylic acids is 2. The SMILES string of the molecule is CC[C@@H](C)NC(=O)[C@H](C)N(Cc1ccc(F)cc1)C(=O)CSCc1ccc(Br)cc1. The number of hydrogen-bond donors (Lipinski definition) is 1. The fourth-order valence-corrected chi connectivity index (χ4v) is 3.89. The average molecular weight is 495 g/mol. The highest BCUT2D eigenvalue weighted by Gasteiger charge is 2.26. The number of benzene rings is 2. The van der Waals surface area contributed by atoms with Gasteiger partial charge >= 0.3 is 0 Å². The van der Waals surface area contributed by atoms with Crippen molar-refractivity contribution in [2.24, 2.45) is 0 Å². The standard InChI is InChI=1S/C23H28BrFN2O2S/c1-4-16(2)26-23(29)17(3)27(13-18-7-11-21(25)12-8-18)22(28)15-30-14-19-5-9-20(24)10-6-19/h5-12,16-17H,4,13-15H2,1-3H3,(H,26,29)/t16-,17+/m1/s1. The van der Waals surface area contributed by atoms with Gasteiger partial charge in [0.2, 0.25) is 11.8 Å². The highest BCUT2D eigenvalue weighted by Crippen LogP contribution is 2.18. The molecule has 2 aromatic rings. The van der Waals surface area contributed by atoms with E-state index in [1.54, 1.807) is 24.0 Å². The molecule has 30 heavy (non-hydrogen) atoms. The summed E-state index contributed by atoms with van der Waals surface area (Å²) in [6.07, 6.45) is 0.813. The zero-order chi connectivity index (χ0) is 22.1. The third-order valence-electron chi connectivity index (χ3n) is 4.84. The van der Waals surface area contributed by atoms with Gasteiger partial charge < -0.3 is 10.2 Å². The van der Waals surface area contributed by atoms with Gasteiger partial charge in [0.25, 0.3) is 0 Å². The van der Waals surface area contributed by atoms with Gasteiger partial charge in [-0.1, -0.05) is 47.1 Å². The Labute approximate surface area is 190 Å². The molecule has 7 heteroatoms. The van der Waals surface area contributed by atoms with E-state index in [1.807, 2.05) is 38.1 Å². The molecule has 4 nitrogen and oxygen atoms in total. The Morgan fingerprint density at radius 1 is 1.07 bits per heavy atom. The zero-order valence-corrected chi connectivity index (χ0v) is 19.9. The molecular weight excluding hydrogens is 467 g/mol. The van der Waals surface area contributed by atoms with E-state index in [4.69, 9.17) is 0 Å². The first-order valence-corrected chi connectivity index (χ1v) is 11.9. The van der Waals surface area contributed by atoms with E-state index in [0.29, 0.717) is 5.75 Å². The fraction of sp³-hybridized carbons (Fsp3) is 0.391. The van der Waals surface area contributed by atoms with Gasteiger partial charge in [-0.25, -0.2) is 4.39 Å². The maximum absolute atomic E-state index is 13.3. The molecule has 0 spiro atoms. The van der Waals surface area contributed by atoms with Crippen molar-refractivity contribution in [3.05, 3.63) is 69.9 Å². The van der Waals surface area contributed by atoms with E-state index in [1.165, 1.54) is 23.9 Å². The molecule has 2 aromatic carbocycles. The number of thioether (sulfide) groups is 1. The summed E-state index contributed by atoms with van der Waals surface area (Å²) in [6.45, 7) is 5.92. The molecule has 162 valence electrons. The number of amides is 2. The second kappa shape index (κ2) is 12.1. The minimum absolute atomic E-state index is 0.0366. The number of hydrogen-bond acceptors (Lipinski definition) is 3. The molecule has 1 N–H and O–H groups in total. The molecule has 0 aliphatic heterocycles. The second-order valence-corrected chi connectivity index (χ2v) is 9.16. The molecule has 0 saturated heterocycles. The Bertz CT molecular complexity index is 830. The number of carbonyl (C=O) groups is 2. The molecule has 2 amide bonds. The third kappa shape index (κ3) is 7.76. The van der Waals surface area contributed by atoms with E-state index in [9.17, 15) is 14.0 Å². The molecule has 0 aliphatic carbocycles. The largest absolute Gasteiger partial charge is 0.352 e.